The number of nitriles is 1. The third-order valence-electron chi connectivity index (χ3n) is 2.86. The fourth-order valence-corrected chi connectivity index (χ4v) is 2.23. The van der Waals surface area contributed by atoms with E-state index < -0.39 is 11.5 Å². The van der Waals surface area contributed by atoms with Crippen LogP contribution in [0, 0.1) is 11.3 Å². The lowest BCUT2D eigenvalue weighted by Crippen LogP contribution is -2.31. The molecule has 0 radical (unpaired) electrons. The summed E-state index contributed by atoms with van der Waals surface area (Å²) in [6, 6.07) is 10.4. The van der Waals surface area contributed by atoms with Gasteiger partial charge in [-0.3, -0.25) is 15.0 Å². The van der Waals surface area contributed by atoms with Crippen LogP contribution in [0.25, 0.3) is 12.2 Å². The number of nitrogens with one attached hydrogen (secondary N) is 2. The molecule has 110 valence electrons. The fraction of sp³-hybridized carbons (Fsp3) is 0. The van der Waals surface area contributed by atoms with E-state index in [-0.39, 0.29) is 16.8 Å². The maximum atomic E-state index is 11.8. The van der Waals surface area contributed by atoms with E-state index in [1.165, 1.54) is 6.07 Å². The highest BCUT2D eigenvalue weighted by atomic mass is 79.9. The van der Waals surface area contributed by atoms with Gasteiger partial charge in [0, 0.05) is 4.47 Å². The molecule has 0 aliphatic heterocycles. The molecule has 0 unspecified atom stereocenters. The van der Waals surface area contributed by atoms with Crippen molar-refractivity contribution in [3.8, 4) is 6.07 Å². The van der Waals surface area contributed by atoms with E-state index in [0.717, 1.165) is 10.0 Å². The summed E-state index contributed by atoms with van der Waals surface area (Å²) in [5, 5.41) is 8.87. The molecule has 7 heteroatoms. The Hall–Kier alpha value is -2.69. The SMILES string of the molecule is N#Cc1cc(C(=O)NN)c(/C=C/c2cccc(Br)c2)[nH]c1=O. The largest absolute Gasteiger partial charge is 0.321 e. The van der Waals surface area contributed by atoms with E-state index in [9.17, 15) is 9.59 Å². The summed E-state index contributed by atoms with van der Waals surface area (Å²) >= 11 is 3.36. The van der Waals surface area contributed by atoms with Crippen LogP contribution in [0.4, 0.5) is 0 Å². The van der Waals surface area contributed by atoms with Crippen molar-refractivity contribution in [2.24, 2.45) is 5.84 Å². The molecule has 0 bridgehead atoms. The van der Waals surface area contributed by atoms with Gasteiger partial charge in [0.1, 0.15) is 11.6 Å². The number of benzene rings is 1. The minimum Gasteiger partial charge on any atom is -0.321 e. The molecule has 0 spiro atoms. The van der Waals surface area contributed by atoms with Gasteiger partial charge in [0.15, 0.2) is 0 Å². The van der Waals surface area contributed by atoms with Crippen LogP contribution in [-0.2, 0) is 0 Å². The van der Waals surface area contributed by atoms with Crippen molar-refractivity contribution in [1.29, 1.82) is 5.26 Å². The van der Waals surface area contributed by atoms with E-state index in [4.69, 9.17) is 11.1 Å². The molecule has 22 heavy (non-hydrogen) atoms. The van der Waals surface area contributed by atoms with Gasteiger partial charge in [-0.1, -0.05) is 34.1 Å². The third kappa shape index (κ3) is 3.49. The Morgan fingerprint density at radius 2 is 2.14 bits per heavy atom. The molecule has 2 rings (SSSR count). The molecule has 0 aliphatic rings. The van der Waals surface area contributed by atoms with Crippen LogP contribution in [0.2, 0.25) is 0 Å². The summed E-state index contributed by atoms with van der Waals surface area (Å²) in [5.74, 6) is 4.53. The summed E-state index contributed by atoms with van der Waals surface area (Å²) < 4.78 is 0.905. The van der Waals surface area contributed by atoms with Gasteiger partial charge in [0.25, 0.3) is 11.5 Å². The second kappa shape index (κ2) is 6.85. The molecule has 4 N–H and O–H groups in total. The topological polar surface area (TPSA) is 112 Å². The molecule has 0 aliphatic carbocycles. The Morgan fingerprint density at radius 3 is 2.77 bits per heavy atom. The number of halogens is 1. The van der Waals surface area contributed by atoms with Crippen LogP contribution >= 0.6 is 15.9 Å². The number of carbonyl (C=O) groups is 1. The number of hydrazine groups is 1. The first-order valence-electron chi connectivity index (χ1n) is 6.17. The van der Waals surface area contributed by atoms with Gasteiger partial charge in [0.05, 0.1) is 11.3 Å². The van der Waals surface area contributed by atoms with E-state index >= 15 is 0 Å². The first-order valence-corrected chi connectivity index (χ1v) is 6.96. The van der Waals surface area contributed by atoms with Gasteiger partial charge in [0.2, 0.25) is 0 Å². The zero-order chi connectivity index (χ0) is 16.1. The van der Waals surface area contributed by atoms with Crippen molar-refractivity contribution >= 4 is 34.0 Å². The first-order chi connectivity index (χ1) is 10.5. The van der Waals surface area contributed by atoms with Crippen molar-refractivity contribution in [2.45, 2.75) is 0 Å². The monoisotopic (exact) mass is 358 g/mol. The minimum absolute atomic E-state index is 0.116. The molecule has 0 fully saturated rings. The van der Waals surface area contributed by atoms with Gasteiger partial charge < -0.3 is 4.98 Å². The van der Waals surface area contributed by atoms with E-state index in [0.29, 0.717) is 0 Å². The van der Waals surface area contributed by atoms with Gasteiger partial charge >= 0.3 is 0 Å². The lowest BCUT2D eigenvalue weighted by atomic mass is 10.1. The van der Waals surface area contributed by atoms with Gasteiger partial charge in [-0.25, -0.2) is 5.84 Å². The Labute approximate surface area is 134 Å². The highest BCUT2D eigenvalue weighted by molar-refractivity contribution is 9.10. The quantitative estimate of drug-likeness (QED) is 0.441. The Kier molecular flexibility index (Phi) is 4.88. The molecular weight excluding hydrogens is 348 g/mol. The normalized spacial score (nSPS) is 10.4. The van der Waals surface area contributed by atoms with Gasteiger partial charge in [-0.15, -0.1) is 0 Å². The number of carbonyl (C=O) groups excluding carboxylic acids is 1. The van der Waals surface area contributed by atoms with E-state index in [1.54, 1.807) is 18.2 Å². The Bertz CT molecular complexity index is 849. The van der Waals surface area contributed by atoms with Crippen molar-refractivity contribution in [1.82, 2.24) is 10.4 Å². The lowest BCUT2D eigenvalue weighted by Gasteiger charge is -2.05. The number of nitrogens with two attached hydrogens (primary N) is 1. The van der Waals surface area contributed by atoms with Crippen LogP contribution in [0.3, 0.4) is 0 Å². The number of pyridine rings is 1. The number of hydrogen-bond donors (Lipinski definition) is 3. The molecule has 0 atom stereocenters. The van der Waals surface area contributed by atoms with Crippen LogP contribution in [-0.4, -0.2) is 10.9 Å². The zero-order valence-electron chi connectivity index (χ0n) is 11.3. The van der Waals surface area contributed by atoms with Crippen molar-refractivity contribution in [3.05, 3.63) is 67.5 Å². The summed E-state index contributed by atoms with van der Waals surface area (Å²) in [4.78, 5) is 26.0. The highest BCUT2D eigenvalue weighted by Crippen LogP contribution is 2.15. The summed E-state index contributed by atoms with van der Waals surface area (Å²) in [5.41, 5.74) is 2.53. The van der Waals surface area contributed by atoms with Crippen molar-refractivity contribution < 1.29 is 4.79 Å². The minimum atomic E-state index is -0.596. The number of H-pyrrole nitrogens is 1. The van der Waals surface area contributed by atoms with Gasteiger partial charge in [-0.05, 0) is 29.8 Å². The summed E-state index contributed by atoms with van der Waals surface area (Å²) in [6.45, 7) is 0. The summed E-state index contributed by atoms with van der Waals surface area (Å²) in [7, 11) is 0. The van der Waals surface area contributed by atoms with Crippen LogP contribution in [0.1, 0.15) is 27.2 Å². The number of aromatic nitrogens is 1. The first kappa shape index (κ1) is 15.7. The molecule has 0 saturated carbocycles. The molecule has 1 amide bonds. The number of nitrogens with zero attached hydrogens (tertiary/aromatic N) is 1. The number of nitrogen functional groups attached to an aromatic ring is 1. The average molecular weight is 359 g/mol. The van der Waals surface area contributed by atoms with E-state index in [1.807, 2.05) is 29.7 Å². The number of aromatic amines is 1. The predicted molar refractivity (Wildman–Crippen MR) is 86.5 cm³/mol. The Morgan fingerprint density at radius 1 is 1.36 bits per heavy atom. The lowest BCUT2D eigenvalue weighted by molar-refractivity contribution is 0.0953. The van der Waals surface area contributed by atoms with Crippen LogP contribution in [0.5, 0.6) is 0 Å². The molecule has 1 heterocycles. The fourth-order valence-electron chi connectivity index (χ4n) is 1.81. The van der Waals surface area contributed by atoms with Crippen LogP contribution in [0.15, 0.2) is 39.6 Å². The number of hydrogen-bond acceptors (Lipinski definition) is 4. The molecule has 6 nitrogen and oxygen atoms in total. The third-order valence-corrected chi connectivity index (χ3v) is 3.35. The number of amides is 1. The molecular formula is C15H11BrN4O2. The van der Waals surface area contributed by atoms with Gasteiger partial charge in [-0.2, -0.15) is 5.26 Å². The second-order valence-electron chi connectivity index (χ2n) is 4.31. The predicted octanol–water partition coefficient (Wildman–Crippen LogP) is 1.78. The zero-order valence-corrected chi connectivity index (χ0v) is 12.8. The maximum Gasteiger partial charge on any atom is 0.267 e. The molecule has 2 aromatic rings. The smallest absolute Gasteiger partial charge is 0.267 e. The number of rotatable bonds is 3. The van der Waals surface area contributed by atoms with E-state index in [2.05, 4.69) is 20.9 Å². The standard InChI is InChI=1S/C15H11BrN4O2/c16-11-3-1-2-9(6-11)4-5-13-12(15(22)20-18)7-10(8-17)14(21)19-13/h1-7H,18H2,(H,19,21)(H,20,22)/b5-4+. The summed E-state index contributed by atoms with van der Waals surface area (Å²) in [6.07, 6.45) is 3.31. The molecule has 1 aromatic carbocycles. The Balaban J connectivity index is 2.50. The molecule has 0 saturated heterocycles. The average Bonchev–Trinajstić information content (AvgIpc) is 2.52. The van der Waals surface area contributed by atoms with Crippen molar-refractivity contribution in [2.75, 3.05) is 0 Å². The highest BCUT2D eigenvalue weighted by Gasteiger charge is 2.12. The van der Waals surface area contributed by atoms with Crippen molar-refractivity contribution in [3.63, 3.8) is 0 Å². The second-order valence-corrected chi connectivity index (χ2v) is 5.23. The maximum absolute atomic E-state index is 11.8. The van der Waals surface area contributed by atoms with Crippen LogP contribution < -0.4 is 16.8 Å². The molecule has 1 aromatic heterocycles.